The lowest BCUT2D eigenvalue weighted by molar-refractivity contribution is -0.146. The maximum atomic E-state index is 13.0. The van der Waals surface area contributed by atoms with Crippen LogP contribution in [-0.4, -0.2) is 61.4 Å². The first-order valence-electron chi connectivity index (χ1n) is 8.32. The van der Waals surface area contributed by atoms with E-state index in [1.165, 1.54) is 19.3 Å². The van der Waals surface area contributed by atoms with Crippen molar-refractivity contribution in [3.8, 4) is 0 Å². The van der Waals surface area contributed by atoms with Crippen LogP contribution in [0.5, 0.6) is 0 Å². The quantitative estimate of drug-likeness (QED) is 0.789. The molecule has 21 heavy (non-hydrogen) atoms. The van der Waals surface area contributed by atoms with Gasteiger partial charge in [-0.05, 0) is 42.9 Å². The summed E-state index contributed by atoms with van der Waals surface area (Å²) >= 11 is 0. The van der Waals surface area contributed by atoms with E-state index in [0.717, 1.165) is 18.4 Å². The molecule has 0 aromatic carbocycles. The molecule has 3 aliphatic carbocycles. The van der Waals surface area contributed by atoms with Crippen molar-refractivity contribution < 1.29 is 9.59 Å². The second-order valence-corrected chi connectivity index (χ2v) is 7.50. The fourth-order valence-corrected chi connectivity index (χ4v) is 5.33. The molecule has 1 saturated heterocycles. The van der Waals surface area contributed by atoms with Gasteiger partial charge in [-0.3, -0.25) is 9.59 Å². The third kappa shape index (κ3) is 1.93. The summed E-state index contributed by atoms with van der Waals surface area (Å²) in [4.78, 5) is 28.8. The number of carbonyl (C=O) groups is 2. The van der Waals surface area contributed by atoms with Crippen molar-refractivity contribution in [3.63, 3.8) is 0 Å². The summed E-state index contributed by atoms with van der Waals surface area (Å²) in [5, 5.41) is 3.25. The molecule has 0 radical (unpaired) electrons. The molecule has 3 saturated carbocycles. The zero-order chi connectivity index (χ0) is 14.7. The Labute approximate surface area is 126 Å². The summed E-state index contributed by atoms with van der Waals surface area (Å²) in [6.07, 6.45) is 4.02. The highest BCUT2D eigenvalue weighted by Gasteiger charge is 2.68. The predicted octanol–water partition coefficient (Wildman–Crippen LogP) is 0.167. The van der Waals surface area contributed by atoms with Crippen molar-refractivity contribution in [2.75, 3.05) is 33.7 Å². The Bertz CT molecular complexity index is 462. The highest BCUT2D eigenvalue weighted by atomic mass is 16.2. The largest absolute Gasteiger partial charge is 0.347 e. The number of hydrogen-bond donors (Lipinski definition) is 1. The van der Waals surface area contributed by atoms with Crippen LogP contribution in [0.15, 0.2) is 0 Å². The van der Waals surface area contributed by atoms with Crippen molar-refractivity contribution in [1.82, 2.24) is 15.1 Å². The van der Waals surface area contributed by atoms with E-state index in [2.05, 4.69) is 5.32 Å². The minimum Gasteiger partial charge on any atom is -0.347 e. The molecule has 4 aliphatic rings. The Morgan fingerprint density at radius 1 is 1.14 bits per heavy atom. The third-order valence-electron chi connectivity index (χ3n) is 6.27. The lowest BCUT2D eigenvalue weighted by Crippen LogP contribution is -2.59. The molecule has 2 bridgehead atoms. The van der Waals surface area contributed by atoms with Gasteiger partial charge in [-0.1, -0.05) is 0 Å². The average molecular weight is 291 g/mol. The van der Waals surface area contributed by atoms with E-state index < -0.39 is 0 Å². The standard InChI is InChI=1S/C16H25N3O2/c1-18(2)15(20)11-8-17-5-6-19(11)16(21)14-12-9-3-4-10(7-9)13(12)14/h9-14,17H,3-8H2,1-2H3. The Hall–Kier alpha value is -1.10. The van der Waals surface area contributed by atoms with Crippen LogP contribution in [-0.2, 0) is 9.59 Å². The molecule has 4 rings (SSSR count). The van der Waals surface area contributed by atoms with Crippen LogP contribution in [0.2, 0.25) is 0 Å². The van der Waals surface area contributed by atoms with Gasteiger partial charge < -0.3 is 15.1 Å². The lowest BCUT2D eigenvalue weighted by Gasteiger charge is -2.37. The molecule has 4 fully saturated rings. The number of amides is 2. The number of carbonyl (C=O) groups excluding carboxylic acids is 2. The van der Waals surface area contributed by atoms with E-state index in [1.54, 1.807) is 19.0 Å². The van der Waals surface area contributed by atoms with Crippen LogP contribution >= 0.6 is 0 Å². The van der Waals surface area contributed by atoms with Crippen LogP contribution < -0.4 is 5.32 Å². The second kappa shape index (κ2) is 4.70. The Morgan fingerprint density at radius 2 is 1.81 bits per heavy atom. The minimum absolute atomic E-state index is 0.0457. The molecular formula is C16H25N3O2. The fraction of sp³-hybridized carbons (Fsp3) is 0.875. The minimum atomic E-state index is -0.305. The molecule has 0 spiro atoms. The Morgan fingerprint density at radius 3 is 2.43 bits per heavy atom. The first-order valence-corrected chi connectivity index (χ1v) is 8.32. The van der Waals surface area contributed by atoms with Crippen molar-refractivity contribution in [3.05, 3.63) is 0 Å². The number of likely N-dealkylation sites (N-methyl/N-ethyl adjacent to an activating group) is 1. The van der Waals surface area contributed by atoms with Gasteiger partial charge in [-0.2, -0.15) is 0 Å². The fourth-order valence-electron chi connectivity index (χ4n) is 5.33. The summed E-state index contributed by atoms with van der Waals surface area (Å²) in [5.41, 5.74) is 0. The molecular weight excluding hydrogens is 266 g/mol. The smallest absolute Gasteiger partial charge is 0.246 e. The first kappa shape index (κ1) is 13.6. The van der Waals surface area contributed by atoms with Gasteiger partial charge in [0, 0.05) is 39.6 Å². The number of nitrogens with one attached hydrogen (secondary N) is 1. The topological polar surface area (TPSA) is 52.7 Å². The molecule has 5 atom stereocenters. The van der Waals surface area contributed by atoms with E-state index in [0.29, 0.717) is 24.9 Å². The summed E-state index contributed by atoms with van der Waals surface area (Å²) in [7, 11) is 3.54. The van der Waals surface area contributed by atoms with Gasteiger partial charge in [-0.25, -0.2) is 0 Å². The van der Waals surface area contributed by atoms with E-state index in [9.17, 15) is 9.59 Å². The van der Waals surface area contributed by atoms with Gasteiger partial charge in [0.05, 0.1) is 0 Å². The van der Waals surface area contributed by atoms with Gasteiger partial charge >= 0.3 is 0 Å². The van der Waals surface area contributed by atoms with Crippen LogP contribution in [0.4, 0.5) is 0 Å². The normalized spacial score (nSPS) is 43.6. The SMILES string of the molecule is CN(C)C(=O)C1CNCCN1C(=O)C1C2C3CCC(C3)C12. The van der Waals surface area contributed by atoms with E-state index >= 15 is 0 Å². The zero-order valence-electron chi connectivity index (χ0n) is 12.9. The number of rotatable bonds is 2. The summed E-state index contributed by atoms with van der Waals surface area (Å²) < 4.78 is 0. The van der Waals surface area contributed by atoms with Crippen molar-refractivity contribution >= 4 is 11.8 Å². The van der Waals surface area contributed by atoms with E-state index in [4.69, 9.17) is 0 Å². The molecule has 5 nitrogen and oxygen atoms in total. The second-order valence-electron chi connectivity index (χ2n) is 7.50. The molecule has 1 aliphatic heterocycles. The Kier molecular flexibility index (Phi) is 3.03. The van der Waals surface area contributed by atoms with Crippen molar-refractivity contribution in [1.29, 1.82) is 0 Å². The highest BCUT2D eigenvalue weighted by molar-refractivity contribution is 5.90. The van der Waals surface area contributed by atoms with Gasteiger partial charge in [0.1, 0.15) is 6.04 Å². The van der Waals surface area contributed by atoms with Crippen LogP contribution in [0.1, 0.15) is 19.3 Å². The number of piperazine rings is 1. The number of hydrogen-bond acceptors (Lipinski definition) is 3. The van der Waals surface area contributed by atoms with Crippen LogP contribution in [0.3, 0.4) is 0 Å². The van der Waals surface area contributed by atoms with Crippen molar-refractivity contribution in [2.45, 2.75) is 25.3 Å². The first-order chi connectivity index (χ1) is 10.1. The van der Waals surface area contributed by atoms with Gasteiger partial charge in [0.2, 0.25) is 11.8 Å². The third-order valence-corrected chi connectivity index (χ3v) is 6.27. The predicted molar refractivity (Wildman–Crippen MR) is 78.4 cm³/mol. The molecule has 1 N–H and O–H groups in total. The molecule has 0 aromatic rings. The van der Waals surface area contributed by atoms with Gasteiger partial charge in [-0.15, -0.1) is 0 Å². The van der Waals surface area contributed by atoms with Crippen LogP contribution in [0.25, 0.3) is 0 Å². The lowest BCUT2D eigenvalue weighted by atomic mass is 10.0. The van der Waals surface area contributed by atoms with E-state index in [1.807, 2.05) is 4.90 Å². The maximum absolute atomic E-state index is 13.0. The Balaban J connectivity index is 1.49. The average Bonchev–Trinajstić information content (AvgIpc) is 2.92. The monoisotopic (exact) mass is 291 g/mol. The molecule has 5 unspecified atom stereocenters. The molecule has 5 heteroatoms. The van der Waals surface area contributed by atoms with Crippen molar-refractivity contribution in [2.24, 2.45) is 29.6 Å². The zero-order valence-corrected chi connectivity index (χ0v) is 12.9. The molecule has 1 heterocycles. The summed E-state index contributed by atoms with van der Waals surface area (Å²) in [6.45, 7) is 2.07. The number of fused-ring (bicyclic) bond motifs is 5. The maximum Gasteiger partial charge on any atom is 0.246 e. The van der Waals surface area contributed by atoms with Gasteiger partial charge in [0.25, 0.3) is 0 Å². The molecule has 2 amide bonds. The number of nitrogens with zero attached hydrogens (tertiary/aromatic N) is 2. The van der Waals surface area contributed by atoms with Gasteiger partial charge in [0.15, 0.2) is 0 Å². The molecule has 0 aromatic heterocycles. The summed E-state index contributed by atoms with van der Waals surface area (Å²) in [6, 6.07) is -0.305. The highest BCUT2D eigenvalue weighted by Crippen LogP contribution is 2.69. The van der Waals surface area contributed by atoms with E-state index in [-0.39, 0.29) is 23.8 Å². The van der Waals surface area contributed by atoms with Crippen LogP contribution in [0, 0.1) is 29.6 Å². The summed E-state index contributed by atoms with van der Waals surface area (Å²) in [5.74, 6) is 3.47. The molecule has 116 valence electrons.